The Bertz CT molecular complexity index is 1180. The summed E-state index contributed by atoms with van der Waals surface area (Å²) in [5, 5.41) is 8.93. The van der Waals surface area contributed by atoms with Gasteiger partial charge in [0, 0.05) is 61.8 Å². The summed E-state index contributed by atoms with van der Waals surface area (Å²) >= 11 is 1.91. The average molecular weight is 490 g/mol. The summed E-state index contributed by atoms with van der Waals surface area (Å²) in [6, 6.07) is 8.24. The molecule has 1 aromatic heterocycles. The predicted octanol–water partition coefficient (Wildman–Crippen LogP) is 5.53. The van der Waals surface area contributed by atoms with Crippen molar-refractivity contribution in [2.24, 2.45) is 11.8 Å². The maximum absolute atomic E-state index is 8.93. The fourth-order valence-corrected chi connectivity index (χ4v) is 6.41. The Balaban J connectivity index is 1.51. The maximum atomic E-state index is 8.93. The molecule has 1 aromatic carbocycles. The van der Waals surface area contributed by atoms with Gasteiger partial charge in [0.25, 0.3) is 0 Å². The second-order valence-electron chi connectivity index (χ2n) is 10.4. The van der Waals surface area contributed by atoms with E-state index in [2.05, 4.69) is 75.2 Å². The van der Waals surface area contributed by atoms with E-state index in [1.54, 1.807) is 0 Å². The van der Waals surface area contributed by atoms with E-state index in [1.165, 1.54) is 28.0 Å². The van der Waals surface area contributed by atoms with Gasteiger partial charge in [0.2, 0.25) is 0 Å². The van der Waals surface area contributed by atoms with E-state index >= 15 is 0 Å². The molecule has 0 spiro atoms. The summed E-state index contributed by atoms with van der Waals surface area (Å²) in [7, 11) is 2.13. The van der Waals surface area contributed by atoms with E-state index in [0.717, 1.165) is 54.5 Å². The summed E-state index contributed by atoms with van der Waals surface area (Å²) in [6.45, 7) is 12.0. The molecule has 186 valence electrons. The third-order valence-corrected chi connectivity index (χ3v) is 8.01. The highest BCUT2D eigenvalue weighted by Crippen LogP contribution is 2.32. The number of allylic oxidation sites excluding steroid dienone is 2. The summed E-state index contributed by atoms with van der Waals surface area (Å²) in [4.78, 5) is 9.34. The minimum atomic E-state index is 0.403. The molecule has 6 heteroatoms. The van der Waals surface area contributed by atoms with Crippen LogP contribution in [0.3, 0.4) is 0 Å². The molecule has 1 fully saturated rings. The number of hydrogen-bond acceptors (Lipinski definition) is 6. The minimum Gasteiger partial charge on any atom is -0.398 e. The first-order chi connectivity index (χ1) is 16.7. The molecule has 2 aliphatic heterocycles. The molecule has 35 heavy (non-hydrogen) atoms. The summed E-state index contributed by atoms with van der Waals surface area (Å²) in [5.41, 5.74) is 15.6. The lowest BCUT2D eigenvalue weighted by Gasteiger charge is -2.40. The Kier molecular flexibility index (Phi) is 7.60. The largest absolute Gasteiger partial charge is 0.398 e. The number of pyridine rings is 1. The quantitative estimate of drug-likeness (QED) is 0.377. The Hall–Kier alpha value is -2.73. The van der Waals surface area contributed by atoms with Crippen molar-refractivity contribution in [1.29, 1.82) is 5.41 Å². The number of rotatable bonds is 8. The highest BCUT2D eigenvalue weighted by Gasteiger charge is 2.28. The fourth-order valence-electron chi connectivity index (χ4n) is 5.73. The third kappa shape index (κ3) is 5.43. The summed E-state index contributed by atoms with van der Waals surface area (Å²) in [5.74, 6) is 3.40. The van der Waals surface area contributed by atoms with Crippen LogP contribution >= 0.6 is 11.8 Å². The van der Waals surface area contributed by atoms with Gasteiger partial charge in [-0.05, 0) is 85.6 Å². The third-order valence-electron chi connectivity index (χ3n) is 7.21. The Morgan fingerprint density at radius 1 is 1.23 bits per heavy atom. The first-order valence-corrected chi connectivity index (χ1v) is 13.8. The van der Waals surface area contributed by atoms with Crippen LogP contribution < -0.4 is 10.6 Å². The average Bonchev–Trinajstić information content (AvgIpc) is 2.76. The van der Waals surface area contributed by atoms with Gasteiger partial charge in [0.15, 0.2) is 0 Å². The lowest BCUT2D eigenvalue weighted by Crippen LogP contribution is -2.48. The normalized spacial score (nSPS) is 17.4. The predicted molar refractivity (Wildman–Crippen MR) is 152 cm³/mol. The van der Waals surface area contributed by atoms with Crippen molar-refractivity contribution in [3.8, 4) is 0 Å². The van der Waals surface area contributed by atoms with Crippen molar-refractivity contribution in [2.45, 2.75) is 34.1 Å². The SMILES string of the molecule is CSCC1CN(c2ncc(C(=N)c3cc(CC(C)C4=C(C)CN(C)C=C4C)ccc3N)cc2C)C1. The highest BCUT2D eigenvalue weighted by atomic mass is 32.2. The molecule has 2 aliphatic rings. The minimum absolute atomic E-state index is 0.403. The topological polar surface area (TPSA) is 69.2 Å². The monoisotopic (exact) mass is 489 g/mol. The van der Waals surface area contributed by atoms with E-state index in [1.807, 2.05) is 24.0 Å². The van der Waals surface area contributed by atoms with E-state index in [9.17, 15) is 0 Å². The Morgan fingerprint density at radius 3 is 2.63 bits per heavy atom. The zero-order valence-electron chi connectivity index (χ0n) is 22.0. The van der Waals surface area contributed by atoms with Crippen molar-refractivity contribution in [3.05, 3.63) is 75.6 Å². The van der Waals surface area contributed by atoms with Crippen molar-refractivity contribution < 1.29 is 0 Å². The van der Waals surface area contributed by atoms with Gasteiger partial charge < -0.3 is 15.5 Å². The van der Waals surface area contributed by atoms with Gasteiger partial charge in [-0.15, -0.1) is 0 Å². The lowest BCUT2D eigenvalue weighted by atomic mass is 9.84. The van der Waals surface area contributed by atoms with Gasteiger partial charge in [-0.25, -0.2) is 4.98 Å². The number of likely N-dealkylation sites (N-methyl/N-ethyl adjacent to an activating group) is 1. The molecule has 0 amide bonds. The molecule has 1 saturated heterocycles. The molecular weight excluding hydrogens is 450 g/mol. The molecule has 2 aromatic rings. The standard InChI is InChI=1S/C29H39N5S/c1-18(27-20(3)13-33(5)14-21(27)4)9-22-7-8-26(30)25(11-22)28(31)24-10-19(2)29(32-12-24)34-15-23(16-34)17-35-6/h7-8,10-13,18,23,31H,9,14-17,30H2,1-6H3. The van der Waals surface area contributed by atoms with Crippen LogP contribution in [0, 0.1) is 24.2 Å². The Morgan fingerprint density at radius 2 is 1.97 bits per heavy atom. The smallest absolute Gasteiger partial charge is 0.131 e. The van der Waals surface area contributed by atoms with Gasteiger partial charge in [-0.3, -0.25) is 5.41 Å². The number of aryl methyl sites for hydroxylation is 1. The molecule has 1 atom stereocenters. The first-order valence-electron chi connectivity index (χ1n) is 12.4. The molecule has 0 saturated carbocycles. The van der Waals surface area contributed by atoms with Crippen molar-refractivity contribution >= 4 is 29.0 Å². The molecule has 4 rings (SSSR count). The highest BCUT2D eigenvalue weighted by molar-refractivity contribution is 7.98. The lowest BCUT2D eigenvalue weighted by molar-refractivity contribution is 0.450. The van der Waals surface area contributed by atoms with Gasteiger partial charge in [-0.1, -0.05) is 18.6 Å². The molecule has 3 heterocycles. The zero-order valence-corrected chi connectivity index (χ0v) is 22.8. The molecule has 1 unspecified atom stereocenters. The number of thioether (sulfide) groups is 1. The second-order valence-corrected chi connectivity index (χ2v) is 11.3. The first kappa shape index (κ1) is 25.4. The molecular formula is C29H39N5S. The Labute approximate surface area is 215 Å². The number of nitrogens with one attached hydrogen (secondary N) is 1. The summed E-state index contributed by atoms with van der Waals surface area (Å²) < 4.78 is 0. The van der Waals surface area contributed by atoms with Crippen molar-refractivity contribution in [1.82, 2.24) is 9.88 Å². The van der Waals surface area contributed by atoms with Crippen LogP contribution in [0.5, 0.6) is 0 Å². The van der Waals surface area contributed by atoms with E-state index in [0.29, 0.717) is 17.3 Å². The molecule has 5 nitrogen and oxygen atoms in total. The van der Waals surface area contributed by atoms with Gasteiger partial charge in [0.1, 0.15) is 5.82 Å². The number of aromatic nitrogens is 1. The van der Waals surface area contributed by atoms with Crippen LogP contribution in [-0.4, -0.2) is 54.3 Å². The van der Waals surface area contributed by atoms with Gasteiger partial charge >= 0.3 is 0 Å². The number of anilines is 2. The molecule has 3 N–H and O–H groups in total. The van der Waals surface area contributed by atoms with Crippen molar-refractivity contribution in [3.63, 3.8) is 0 Å². The van der Waals surface area contributed by atoms with Gasteiger partial charge in [-0.2, -0.15) is 11.8 Å². The van der Waals surface area contributed by atoms with Crippen LogP contribution in [0.15, 0.2) is 53.4 Å². The van der Waals surface area contributed by atoms with Gasteiger partial charge in [0.05, 0.1) is 5.71 Å². The summed E-state index contributed by atoms with van der Waals surface area (Å²) in [6.07, 6.45) is 7.16. The fraction of sp³-hybridized carbons (Fsp3) is 0.448. The van der Waals surface area contributed by atoms with Crippen LogP contribution in [0.1, 0.15) is 43.0 Å². The zero-order chi connectivity index (χ0) is 25.3. The second kappa shape index (κ2) is 10.5. The number of nitrogen functional groups attached to an aromatic ring is 1. The van der Waals surface area contributed by atoms with E-state index in [4.69, 9.17) is 16.1 Å². The number of nitrogens with zero attached hydrogens (tertiary/aromatic N) is 3. The van der Waals surface area contributed by atoms with Crippen LogP contribution in [-0.2, 0) is 6.42 Å². The van der Waals surface area contributed by atoms with Crippen LogP contribution in [0.25, 0.3) is 0 Å². The maximum Gasteiger partial charge on any atom is 0.131 e. The van der Waals surface area contributed by atoms with Crippen molar-refractivity contribution in [2.75, 3.05) is 49.3 Å². The van der Waals surface area contributed by atoms with Crippen LogP contribution in [0.2, 0.25) is 0 Å². The molecule has 0 bridgehead atoms. The van der Waals surface area contributed by atoms with E-state index in [-0.39, 0.29) is 0 Å². The number of benzene rings is 1. The molecule has 0 aliphatic carbocycles. The number of hydrogen-bond donors (Lipinski definition) is 2. The number of nitrogens with two attached hydrogens (primary N) is 1. The van der Waals surface area contributed by atoms with Crippen LogP contribution in [0.4, 0.5) is 11.5 Å². The van der Waals surface area contributed by atoms with E-state index < -0.39 is 0 Å². The molecule has 0 radical (unpaired) electrons.